The standard InChI is InChI=1S/C5H11O5PTe/c1-8-10-11(7)4-5(6)2-3-9-12/h5-6H,2-4H2,1H3/p+1. The van der Waals surface area contributed by atoms with Crippen LogP contribution in [-0.2, 0) is 17.2 Å². The Morgan fingerprint density at radius 2 is 2.33 bits per heavy atom. The van der Waals surface area contributed by atoms with Crippen LogP contribution in [0, 0.1) is 0 Å². The molecule has 0 aromatic rings. The van der Waals surface area contributed by atoms with Crippen molar-refractivity contribution in [2.45, 2.75) is 12.5 Å². The van der Waals surface area contributed by atoms with Gasteiger partial charge in [-0.3, -0.25) is 0 Å². The van der Waals surface area contributed by atoms with Gasteiger partial charge in [0.15, 0.2) is 0 Å². The van der Waals surface area contributed by atoms with Gasteiger partial charge in [-0.25, -0.2) is 0 Å². The molecule has 2 atom stereocenters. The summed E-state index contributed by atoms with van der Waals surface area (Å²) in [6.07, 6.45) is -0.112. The SMILES string of the molecule is COO[P+](=O)CC(O)CCO[TeH]. The quantitative estimate of drug-likeness (QED) is 0.308. The Kier molecular flexibility index (Phi) is 8.84. The Morgan fingerprint density at radius 3 is 2.83 bits per heavy atom. The molecule has 1 N–H and O–H groups in total. The van der Waals surface area contributed by atoms with Gasteiger partial charge in [-0.1, -0.05) is 0 Å². The first kappa shape index (κ1) is 12.7. The summed E-state index contributed by atoms with van der Waals surface area (Å²) in [6.45, 7) is 0.464. The van der Waals surface area contributed by atoms with Crippen LogP contribution in [0.2, 0.25) is 0 Å². The summed E-state index contributed by atoms with van der Waals surface area (Å²) >= 11 is 1.22. The van der Waals surface area contributed by atoms with Gasteiger partial charge in [-0.2, -0.15) is 0 Å². The summed E-state index contributed by atoms with van der Waals surface area (Å²) in [4.78, 5) is 4.19. The minimum absolute atomic E-state index is 0.0815. The molecule has 0 fully saturated rings. The fourth-order valence-electron chi connectivity index (χ4n) is 0.566. The molecule has 5 nitrogen and oxygen atoms in total. The van der Waals surface area contributed by atoms with Crippen LogP contribution in [0.25, 0.3) is 0 Å². The average molecular weight is 311 g/mol. The van der Waals surface area contributed by atoms with Gasteiger partial charge < -0.3 is 0 Å². The molecule has 7 heteroatoms. The van der Waals surface area contributed by atoms with E-state index in [4.69, 9.17) is 3.10 Å². The van der Waals surface area contributed by atoms with E-state index in [2.05, 4.69) is 9.56 Å². The summed E-state index contributed by atoms with van der Waals surface area (Å²) < 4.78 is 19.9. The third kappa shape index (κ3) is 7.38. The molecule has 0 aliphatic heterocycles. The fourth-order valence-corrected chi connectivity index (χ4v) is 1.62. The molecule has 2 unspecified atom stereocenters. The molecule has 72 valence electrons. The van der Waals surface area contributed by atoms with Crippen molar-refractivity contribution in [1.29, 1.82) is 0 Å². The number of hydrogen-bond donors (Lipinski definition) is 1. The van der Waals surface area contributed by atoms with Gasteiger partial charge in [-0.05, 0) is 0 Å². The average Bonchev–Trinajstić information content (AvgIpc) is 2.01. The van der Waals surface area contributed by atoms with Crippen LogP contribution >= 0.6 is 8.03 Å². The second kappa shape index (κ2) is 8.33. The van der Waals surface area contributed by atoms with Crippen molar-refractivity contribution in [2.24, 2.45) is 0 Å². The van der Waals surface area contributed by atoms with E-state index in [1.807, 2.05) is 0 Å². The first-order valence-corrected chi connectivity index (χ1v) is 5.71. The summed E-state index contributed by atoms with van der Waals surface area (Å²) in [5, 5.41) is 9.18. The molecule has 0 aliphatic carbocycles. The first-order chi connectivity index (χ1) is 5.70. The van der Waals surface area contributed by atoms with Crippen molar-refractivity contribution in [3.63, 3.8) is 0 Å². The third-order valence-corrected chi connectivity index (χ3v) is 2.62. The van der Waals surface area contributed by atoms with E-state index in [1.165, 1.54) is 29.8 Å². The van der Waals surface area contributed by atoms with Gasteiger partial charge in [0, 0.05) is 0 Å². The van der Waals surface area contributed by atoms with Crippen LogP contribution in [0.5, 0.6) is 0 Å². The van der Waals surface area contributed by atoms with Crippen molar-refractivity contribution in [3.8, 4) is 0 Å². The molecule has 0 heterocycles. The first-order valence-electron chi connectivity index (χ1n) is 3.30. The molecule has 0 rings (SSSR count). The van der Waals surface area contributed by atoms with Gasteiger partial charge in [0.1, 0.15) is 0 Å². The number of hydrogen-bond acceptors (Lipinski definition) is 5. The van der Waals surface area contributed by atoms with E-state index in [1.54, 1.807) is 0 Å². The summed E-state index contributed by atoms with van der Waals surface area (Å²) in [7, 11) is -0.636. The van der Waals surface area contributed by atoms with Gasteiger partial charge >= 0.3 is 85.5 Å². The maximum absolute atomic E-state index is 10.8. The van der Waals surface area contributed by atoms with Crippen molar-refractivity contribution < 1.29 is 22.3 Å². The zero-order chi connectivity index (χ0) is 9.40. The van der Waals surface area contributed by atoms with E-state index in [9.17, 15) is 9.67 Å². The van der Waals surface area contributed by atoms with E-state index in [0.717, 1.165) is 0 Å². The molecule has 0 aromatic heterocycles. The molecule has 0 bridgehead atoms. The summed E-state index contributed by atoms with van der Waals surface area (Å²) in [6, 6.07) is 0. The molecule has 0 spiro atoms. The van der Waals surface area contributed by atoms with Gasteiger partial charge in [0.25, 0.3) is 0 Å². The predicted molar refractivity (Wildman–Crippen MR) is 44.3 cm³/mol. The number of aliphatic hydroxyl groups excluding tert-OH is 1. The van der Waals surface area contributed by atoms with Crippen molar-refractivity contribution >= 4 is 30.7 Å². The zero-order valence-corrected chi connectivity index (χ0v) is 10.1. The Morgan fingerprint density at radius 1 is 1.67 bits per heavy atom. The third-order valence-electron chi connectivity index (χ3n) is 1.06. The van der Waals surface area contributed by atoms with Crippen molar-refractivity contribution in [1.82, 2.24) is 0 Å². The van der Waals surface area contributed by atoms with Crippen molar-refractivity contribution in [3.05, 3.63) is 0 Å². The molecular formula is C5H12O5PTe+. The number of aliphatic hydroxyl groups is 1. The normalized spacial score (nSPS) is 14.4. The van der Waals surface area contributed by atoms with E-state index in [0.29, 0.717) is 13.0 Å². The minimum atomic E-state index is -1.91. The number of rotatable bonds is 7. The van der Waals surface area contributed by atoms with Crippen LogP contribution in [-0.4, -0.2) is 53.8 Å². The van der Waals surface area contributed by atoms with Crippen LogP contribution in [0.1, 0.15) is 6.42 Å². The second-order valence-corrected chi connectivity index (χ2v) is 3.95. The molecule has 0 aromatic carbocycles. The Hall–Kier alpha value is 0.730. The molecule has 12 heavy (non-hydrogen) atoms. The molecular weight excluding hydrogens is 299 g/mol. The van der Waals surface area contributed by atoms with E-state index < -0.39 is 14.1 Å². The Balaban J connectivity index is 3.40. The molecule has 0 amide bonds. The predicted octanol–water partition coefficient (Wildman–Crippen LogP) is -0.110. The summed E-state index contributed by atoms with van der Waals surface area (Å²) in [5.74, 6) is 0. The summed E-state index contributed by atoms with van der Waals surface area (Å²) in [5.41, 5.74) is 0. The van der Waals surface area contributed by atoms with Crippen molar-refractivity contribution in [2.75, 3.05) is 19.9 Å². The van der Waals surface area contributed by atoms with Crippen LogP contribution in [0.4, 0.5) is 0 Å². The molecule has 0 radical (unpaired) electrons. The molecule has 0 saturated carbocycles. The topological polar surface area (TPSA) is 65.0 Å². The van der Waals surface area contributed by atoms with Crippen LogP contribution in [0.3, 0.4) is 0 Å². The second-order valence-electron chi connectivity index (χ2n) is 2.03. The van der Waals surface area contributed by atoms with E-state index in [-0.39, 0.29) is 6.16 Å². The van der Waals surface area contributed by atoms with Gasteiger partial charge in [0.2, 0.25) is 0 Å². The molecule has 0 saturated heterocycles. The zero-order valence-electron chi connectivity index (χ0n) is 6.67. The fraction of sp³-hybridized carbons (Fsp3) is 1.00. The van der Waals surface area contributed by atoms with Crippen LogP contribution < -0.4 is 0 Å². The van der Waals surface area contributed by atoms with Gasteiger partial charge in [-0.15, -0.1) is 0 Å². The monoisotopic (exact) mass is 313 g/mol. The van der Waals surface area contributed by atoms with E-state index >= 15 is 0 Å². The molecule has 0 aliphatic rings. The maximum atomic E-state index is 10.8. The van der Waals surface area contributed by atoms with Gasteiger partial charge in [0.05, 0.1) is 0 Å². The van der Waals surface area contributed by atoms with Crippen LogP contribution in [0.15, 0.2) is 0 Å². The Bertz CT molecular complexity index is 133. The Labute approximate surface area is 85.6 Å².